The number of rotatable bonds is 3. The molecular formula is C12H14FNO3. The number of amides is 1. The normalized spacial score (nSPS) is 23.4. The van der Waals surface area contributed by atoms with Crippen molar-refractivity contribution in [1.29, 1.82) is 0 Å². The number of ether oxygens (including phenoxy) is 2. The van der Waals surface area contributed by atoms with Crippen LogP contribution in [0.2, 0.25) is 0 Å². The van der Waals surface area contributed by atoms with Crippen molar-refractivity contribution in [3.8, 4) is 5.75 Å². The van der Waals surface area contributed by atoms with Crippen LogP contribution in [0, 0.1) is 0 Å². The van der Waals surface area contributed by atoms with E-state index in [0.717, 1.165) is 0 Å². The van der Waals surface area contributed by atoms with E-state index in [2.05, 4.69) is 5.32 Å². The third-order valence-corrected chi connectivity index (χ3v) is 2.68. The molecule has 1 fully saturated rings. The maximum absolute atomic E-state index is 13.3. The molecule has 0 unspecified atom stereocenters. The fourth-order valence-electron chi connectivity index (χ4n) is 1.74. The van der Waals surface area contributed by atoms with Crippen LogP contribution in [0.1, 0.15) is 10.4 Å². The number of benzene rings is 1. The maximum Gasteiger partial charge on any atom is 0.255 e. The van der Waals surface area contributed by atoms with Crippen molar-refractivity contribution in [2.45, 2.75) is 12.2 Å². The average Bonchev–Trinajstić information content (AvgIpc) is 2.75. The van der Waals surface area contributed by atoms with Crippen LogP contribution in [0.15, 0.2) is 24.3 Å². The van der Waals surface area contributed by atoms with Gasteiger partial charge < -0.3 is 14.8 Å². The minimum atomic E-state index is -1.14. The van der Waals surface area contributed by atoms with Crippen LogP contribution in [-0.2, 0) is 4.74 Å². The first-order valence-electron chi connectivity index (χ1n) is 5.38. The van der Waals surface area contributed by atoms with Gasteiger partial charge in [-0.05, 0) is 12.1 Å². The largest absolute Gasteiger partial charge is 0.496 e. The topological polar surface area (TPSA) is 47.6 Å². The summed E-state index contributed by atoms with van der Waals surface area (Å²) in [5.41, 5.74) is 0.397. The number of para-hydroxylation sites is 1. The highest BCUT2D eigenvalue weighted by Crippen LogP contribution is 2.18. The number of nitrogens with one attached hydrogen (secondary N) is 1. The summed E-state index contributed by atoms with van der Waals surface area (Å²) in [5.74, 6) is 0.125. The second-order valence-corrected chi connectivity index (χ2v) is 3.83. The summed E-state index contributed by atoms with van der Waals surface area (Å²) in [6.45, 7) is 0.249. The molecule has 0 radical (unpaired) electrons. The summed E-state index contributed by atoms with van der Waals surface area (Å²) in [4.78, 5) is 11.9. The van der Waals surface area contributed by atoms with Gasteiger partial charge >= 0.3 is 0 Å². The molecule has 1 aliphatic heterocycles. The summed E-state index contributed by atoms with van der Waals surface area (Å²) in [6, 6.07) is 6.25. The lowest BCUT2D eigenvalue weighted by molar-refractivity contribution is 0.0917. The minimum Gasteiger partial charge on any atom is -0.496 e. The molecule has 92 valence electrons. The molecule has 0 bridgehead atoms. The van der Waals surface area contributed by atoms with Crippen molar-refractivity contribution in [2.75, 3.05) is 20.3 Å². The highest BCUT2D eigenvalue weighted by molar-refractivity contribution is 5.97. The standard InChI is InChI=1S/C12H14FNO3/c1-16-11-5-3-2-4-8(11)12(15)14-10-7-17-6-9(10)13/h2-5,9-10H,6-7H2,1H3,(H,14,15)/t9-,10-/m1/s1. The summed E-state index contributed by atoms with van der Waals surface area (Å²) >= 11 is 0. The van der Waals surface area contributed by atoms with Crippen LogP contribution in [-0.4, -0.2) is 38.4 Å². The number of carbonyl (C=O) groups excluding carboxylic acids is 1. The van der Waals surface area contributed by atoms with E-state index in [-0.39, 0.29) is 19.1 Å². The van der Waals surface area contributed by atoms with Crippen molar-refractivity contribution < 1.29 is 18.7 Å². The molecule has 5 heteroatoms. The Kier molecular flexibility index (Phi) is 3.58. The number of halogens is 1. The molecule has 0 aliphatic carbocycles. The molecule has 0 aromatic heterocycles. The van der Waals surface area contributed by atoms with Gasteiger partial charge in [0.05, 0.1) is 31.9 Å². The van der Waals surface area contributed by atoms with Gasteiger partial charge in [-0.1, -0.05) is 12.1 Å². The van der Waals surface area contributed by atoms with Crippen molar-refractivity contribution in [3.05, 3.63) is 29.8 Å². The highest BCUT2D eigenvalue weighted by Gasteiger charge is 2.30. The minimum absolute atomic E-state index is 0.0386. The molecule has 2 rings (SSSR count). The molecule has 4 nitrogen and oxygen atoms in total. The van der Waals surface area contributed by atoms with Crippen molar-refractivity contribution in [3.63, 3.8) is 0 Å². The summed E-state index contributed by atoms with van der Waals surface area (Å²) in [5, 5.41) is 2.60. The predicted molar refractivity (Wildman–Crippen MR) is 60.0 cm³/mol. The van der Waals surface area contributed by atoms with E-state index in [1.54, 1.807) is 24.3 Å². The number of carbonyl (C=O) groups is 1. The van der Waals surface area contributed by atoms with Gasteiger partial charge in [-0.2, -0.15) is 0 Å². The van der Waals surface area contributed by atoms with Crippen molar-refractivity contribution >= 4 is 5.91 Å². The van der Waals surface area contributed by atoms with Gasteiger partial charge in [-0.25, -0.2) is 4.39 Å². The summed E-state index contributed by atoms with van der Waals surface area (Å²) < 4.78 is 23.3. The Balaban J connectivity index is 2.09. The van der Waals surface area contributed by atoms with Gasteiger partial charge in [-0.3, -0.25) is 4.79 Å². The lowest BCUT2D eigenvalue weighted by Crippen LogP contribution is -2.40. The van der Waals surface area contributed by atoms with Gasteiger partial charge in [0.25, 0.3) is 5.91 Å². The molecule has 1 aliphatic rings. The Hall–Kier alpha value is -1.62. The molecule has 1 aromatic rings. The number of alkyl halides is 1. The zero-order chi connectivity index (χ0) is 12.3. The highest BCUT2D eigenvalue weighted by atomic mass is 19.1. The quantitative estimate of drug-likeness (QED) is 0.861. The molecule has 17 heavy (non-hydrogen) atoms. The van der Waals surface area contributed by atoms with E-state index in [1.165, 1.54) is 7.11 Å². The molecule has 1 saturated heterocycles. The number of hydrogen-bond donors (Lipinski definition) is 1. The smallest absolute Gasteiger partial charge is 0.255 e. The van der Waals surface area contributed by atoms with Crippen LogP contribution in [0.4, 0.5) is 4.39 Å². The lowest BCUT2D eigenvalue weighted by atomic mass is 10.1. The van der Waals surface area contributed by atoms with E-state index in [4.69, 9.17) is 9.47 Å². The molecule has 0 spiro atoms. The van der Waals surface area contributed by atoms with E-state index in [9.17, 15) is 9.18 Å². The second kappa shape index (κ2) is 5.14. The molecule has 0 saturated carbocycles. The van der Waals surface area contributed by atoms with E-state index < -0.39 is 12.2 Å². The molecule has 1 aromatic carbocycles. The molecule has 2 atom stereocenters. The van der Waals surface area contributed by atoms with Crippen molar-refractivity contribution in [1.82, 2.24) is 5.32 Å². The molecular weight excluding hydrogens is 225 g/mol. The third kappa shape index (κ3) is 2.55. The van der Waals surface area contributed by atoms with Gasteiger partial charge in [-0.15, -0.1) is 0 Å². The summed E-state index contributed by atoms with van der Waals surface area (Å²) in [7, 11) is 1.49. The first kappa shape index (κ1) is 11.9. The summed E-state index contributed by atoms with van der Waals surface area (Å²) in [6.07, 6.45) is -1.14. The Labute approximate surface area is 98.7 Å². The Morgan fingerprint density at radius 3 is 2.88 bits per heavy atom. The van der Waals surface area contributed by atoms with E-state index in [1.807, 2.05) is 0 Å². The molecule has 1 heterocycles. The van der Waals surface area contributed by atoms with Crippen LogP contribution >= 0.6 is 0 Å². The first-order valence-corrected chi connectivity index (χ1v) is 5.38. The molecule has 1 N–H and O–H groups in total. The second-order valence-electron chi connectivity index (χ2n) is 3.83. The third-order valence-electron chi connectivity index (χ3n) is 2.68. The molecule has 1 amide bonds. The Morgan fingerprint density at radius 1 is 1.47 bits per heavy atom. The first-order chi connectivity index (χ1) is 8.22. The van der Waals surface area contributed by atoms with Crippen LogP contribution in [0.25, 0.3) is 0 Å². The maximum atomic E-state index is 13.3. The van der Waals surface area contributed by atoms with Crippen molar-refractivity contribution in [2.24, 2.45) is 0 Å². The number of hydrogen-bond acceptors (Lipinski definition) is 3. The SMILES string of the molecule is COc1ccccc1C(=O)N[C@@H]1COC[C@H]1F. The zero-order valence-corrected chi connectivity index (χ0v) is 9.48. The fraction of sp³-hybridized carbons (Fsp3) is 0.417. The predicted octanol–water partition coefficient (Wildman–Crippen LogP) is 1.16. The van der Waals surface area contributed by atoms with Crippen LogP contribution < -0.4 is 10.1 Å². The van der Waals surface area contributed by atoms with Gasteiger partial charge in [0.2, 0.25) is 0 Å². The Bertz CT molecular complexity index is 410. The van der Waals surface area contributed by atoms with E-state index in [0.29, 0.717) is 11.3 Å². The lowest BCUT2D eigenvalue weighted by Gasteiger charge is -2.14. The van der Waals surface area contributed by atoms with Gasteiger partial charge in [0.15, 0.2) is 0 Å². The Morgan fingerprint density at radius 2 is 2.24 bits per heavy atom. The fourth-order valence-corrected chi connectivity index (χ4v) is 1.74. The zero-order valence-electron chi connectivity index (χ0n) is 9.48. The monoisotopic (exact) mass is 239 g/mol. The number of methoxy groups -OCH3 is 1. The van der Waals surface area contributed by atoms with Gasteiger partial charge in [0, 0.05) is 0 Å². The van der Waals surface area contributed by atoms with Gasteiger partial charge in [0.1, 0.15) is 11.9 Å². The van der Waals surface area contributed by atoms with Crippen LogP contribution in [0.3, 0.4) is 0 Å². The van der Waals surface area contributed by atoms with E-state index >= 15 is 0 Å². The average molecular weight is 239 g/mol. The van der Waals surface area contributed by atoms with Crippen LogP contribution in [0.5, 0.6) is 5.75 Å².